The Kier molecular flexibility index (Phi) is 67.6. The lowest BCUT2D eigenvalue weighted by molar-refractivity contribution is -0.161. The van der Waals surface area contributed by atoms with Gasteiger partial charge in [-0.3, -0.25) is 37.3 Å². The molecule has 19 heteroatoms. The number of rotatable bonds is 70. The molecule has 0 aromatic rings. The van der Waals surface area contributed by atoms with Crippen LogP contribution in [0.1, 0.15) is 297 Å². The third-order valence-corrected chi connectivity index (χ3v) is 17.4. The van der Waals surface area contributed by atoms with E-state index in [4.69, 9.17) is 37.0 Å². The number of allylic oxidation sites excluding steroid dienone is 20. The molecule has 0 saturated carbocycles. The van der Waals surface area contributed by atoms with Crippen molar-refractivity contribution in [1.82, 2.24) is 0 Å². The van der Waals surface area contributed by atoms with Crippen LogP contribution in [0.3, 0.4) is 0 Å². The third kappa shape index (κ3) is 69.9. The maximum atomic E-state index is 13.1. The summed E-state index contributed by atoms with van der Waals surface area (Å²) in [4.78, 5) is 72.7. The Bertz CT molecular complexity index is 2340. The van der Waals surface area contributed by atoms with E-state index >= 15 is 0 Å². The van der Waals surface area contributed by atoms with Gasteiger partial charge in [0, 0.05) is 25.7 Å². The second kappa shape index (κ2) is 70.9. The highest BCUT2D eigenvalue weighted by molar-refractivity contribution is 7.47. The number of phosphoric ester groups is 2. The van der Waals surface area contributed by atoms with E-state index in [9.17, 15) is 43.2 Å². The van der Waals surface area contributed by atoms with Gasteiger partial charge in [-0.15, -0.1) is 0 Å². The fraction of sp³-hybridized carbons (Fsp3) is 0.696. The molecule has 0 aliphatic carbocycles. The van der Waals surface area contributed by atoms with Gasteiger partial charge < -0.3 is 33.8 Å². The molecule has 0 aromatic carbocycles. The fourth-order valence-corrected chi connectivity index (χ4v) is 11.3. The summed E-state index contributed by atoms with van der Waals surface area (Å²) < 4.78 is 68.3. The van der Waals surface area contributed by atoms with E-state index in [0.29, 0.717) is 38.5 Å². The molecule has 0 spiro atoms. The molecule has 0 heterocycles. The van der Waals surface area contributed by atoms with Gasteiger partial charge in [0.25, 0.3) is 0 Å². The van der Waals surface area contributed by atoms with Gasteiger partial charge in [-0.25, -0.2) is 9.13 Å². The van der Waals surface area contributed by atoms with Crippen molar-refractivity contribution in [2.24, 2.45) is 0 Å². The zero-order valence-electron chi connectivity index (χ0n) is 61.2. The van der Waals surface area contributed by atoms with Crippen molar-refractivity contribution in [1.29, 1.82) is 0 Å². The van der Waals surface area contributed by atoms with Crippen LogP contribution >= 0.6 is 15.6 Å². The van der Waals surface area contributed by atoms with Crippen LogP contribution in [0.2, 0.25) is 0 Å². The molecule has 17 nitrogen and oxygen atoms in total. The van der Waals surface area contributed by atoms with E-state index < -0.39 is 97.5 Å². The maximum absolute atomic E-state index is 13.1. The van der Waals surface area contributed by atoms with Crippen LogP contribution in [-0.4, -0.2) is 96.7 Å². The molecular weight excluding hydrogens is 1280 g/mol. The largest absolute Gasteiger partial charge is 0.472 e. The van der Waals surface area contributed by atoms with Crippen LogP contribution < -0.4 is 0 Å². The van der Waals surface area contributed by atoms with Crippen molar-refractivity contribution in [2.75, 3.05) is 39.6 Å². The van der Waals surface area contributed by atoms with E-state index in [1.165, 1.54) is 96.3 Å². The summed E-state index contributed by atoms with van der Waals surface area (Å²) >= 11 is 0. The smallest absolute Gasteiger partial charge is 0.462 e. The summed E-state index contributed by atoms with van der Waals surface area (Å²) in [6, 6.07) is 0. The third-order valence-electron chi connectivity index (χ3n) is 15.5. The summed E-state index contributed by atoms with van der Waals surface area (Å²) in [6.07, 6.45) is 76.5. The van der Waals surface area contributed by atoms with Gasteiger partial charge >= 0.3 is 39.5 Å². The zero-order chi connectivity index (χ0) is 71.8. The van der Waals surface area contributed by atoms with E-state index in [-0.39, 0.29) is 25.7 Å². The van der Waals surface area contributed by atoms with E-state index in [1.54, 1.807) is 0 Å². The van der Waals surface area contributed by atoms with E-state index in [0.717, 1.165) is 109 Å². The van der Waals surface area contributed by atoms with Crippen LogP contribution in [0.4, 0.5) is 0 Å². The first-order valence-electron chi connectivity index (χ1n) is 37.8. The van der Waals surface area contributed by atoms with Gasteiger partial charge in [-0.1, -0.05) is 290 Å². The summed E-state index contributed by atoms with van der Waals surface area (Å²) in [5.41, 5.74) is 0. The molecule has 0 amide bonds. The number of hydrogen-bond donors (Lipinski definition) is 3. The molecule has 0 aliphatic heterocycles. The lowest BCUT2D eigenvalue weighted by atomic mass is 10.0. The molecule has 0 aromatic heterocycles. The summed E-state index contributed by atoms with van der Waals surface area (Å²) in [5, 5.41) is 10.6. The van der Waals surface area contributed by atoms with Crippen molar-refractivity contribution >= 4 is 39.5 Å². The fourth-order valence-electron chi connectivity index (χ4n) is 9.77. The average molecular weight is 1420 g/mol. The van der Waals surface area contributed by atoms with Crippen LogP contribution in [0.5, 0.6) is 0 Å². The average Bonchev–Trinajstić information content (AvgIpc) is 0.992. The monoisotopic (exact) mass is 1420 g/mol. The van der Waals surface area contributed by atoms with Gasteiger partial charge in [0.05, 0.1) is 26.4 Å². The number of esters is 4. The van der Waals surface area contributed by atoms with Gasteiger partial charge in [-0.05, 0) is 103 Å². The molecule has 0 fully saturated rings. The molecule has 5 atom stereocenters. The van der Waals surface area contributed by atoms with Gasteiger partial charge in [0.2, 0.25) is 0 Å². The van der Waals surface area contributed by atoms with Crippen LogP contribution in [0, 0.1) is 0 Å². The topological polar surface area (TPSA) is 237 Å². The molecule has 0 aliphatic rings. The summed E-state index contributed by atoms with van der Waals surface area (Å²) in [7, 11) is -9.98. The highest BCUT2D eigenvalue weighted by atomic mass is 31.2. The number of phosphoric acid groups is 2. The highest BCUT2D eigenvalue weighted by Crippen LogP contribution is 2.45. The number of aliphatic hydroxyl groups is 1. The first-order chi connectivity index (χ1) is 47.7. The van der Waals surface area contributed by atoms with Crippen molar-refractivity contribution in [3.05, 3.63) is 122 Å². The number of ether oxygens (including phenoxy) is 4. The van der Waals surface area contributed by atoms with Gasteiger partial charge in [0.15, 0.2) is 12.2 Å². The first-order valence-corrected chi connectivity index (χ1v) is 40.8. The molecule has 0 rings (SSSR count). The SMILES string of the molecule is CC/C=C\C/C=C\C/C=C\C/C=C\C/C=C\C/C=C\CCC(=O)OCC(COP(=O)(O)OCC(O)COP(=O)(O)OCC(COC(=O)CCCCCCCCCCCCCCC)OC(=O)CCCCCCCCCCCCC)OC(=O)CCCC/C=C\C/C=C\C/C=C\C/C=C\CC. The molecule has 98 heavy (non-hydrogen) atoms. The summed E-state index contributed by atoms with van der Waals surface area (Å²) in [6.45, 7) is 4.51. The molecule has 0 saturated heterocycles. The minimum Gasteiger partial charge on any atom is -0.462 e. The minimum atomic E-state index is -5.00. The minimum absolute atomic E-state index is 0.0247. The normalized spacial score (nSPS) is 14.6. The number of unbranched alkanes of at least 4 members (excludes halogenated alkanes) is 24. The van der Waals surface area contributed by atoms with Gasteiger partial charge in [-0.2, -0.15) is 0 Å². The number of aliphatic hydroxyl groups excluding tert-OH is 1. The van der Waals surface area contributed by atoms with Crippen molar-refractivity contribution < 1.29 is 80.2 Å². The molecule has 0 bridgehead atoms. The molecule has 0 radical (unpaired) electrons. The van der Waals surface area contributed by atoms with Gasteiger partial charge in [0.1, 0.15) is 19.3 Å². The maximum Gasteiger partial charge on any atom is 0.472 e. The zero-order valence-corrected chi connectivity index (χ0v) is 63.0. The Morgan fingerprint density at radius 1 is 0.296 bits per heavy atom. The Labute approximate surface area is 593 Å². The number of hydrogen-bond acceptors (Lipinski definition) is 15. The van der Waals surface area contributed by atoms with Crippen LogP contribution in [0.25, 0.3) is 0 Å². The Morgan fingerprint density at radius 3 is 0.878 bits per heavy atom. The van der Waals surface area contributed by atoms with Crippen LogP contribution in [-0.2, 0) is 65.4 Å². The predicted molar refractivity (Wildman–Crippen MR) is 399 cm³/mol. The standard InChI is InChI=1S/C79H134O17P2/c1-5-9-13-17-21-25-29-32-34-35-36-37-39-41-45-48-52-56-60-64-77(82)90-70-75(96-79(84)66-62-58-54-50-46-42-38-33-30-26-22-18-14-10-6-2)72-94-98(87,88)92-68-73(80)67-91-97(85,86)93-71-74(95-78(83)65-61-57-53-49-43-28-24-20-16-12-8-4)69-89-76(81)63-59-55-51-47-44-40-31-27-23-19-15-11-7-3/h9-10,13-14,21-22,25-26,32-34,36-38,41,45-46,50,52,56,73-75,80H,5-8,11-12,15-20,23-24,27-31,35,39-40,42-44,47-49,51,53-55,57-72H2,1-4H3,(H,85,86)(H,87,88)/b13-9-,14-10-,25-21-,26-22-,34-32-,37-36-,38-33-,45-41-,50-46-,56-52-. The van der Waals surface area contributed by atoms with E-state index in [2.05, 4.69) is 131 Å². The molecule has 5 unspecified atom stereocenters. The first kappa shape index (κ1) is 93.5. The number of carbonyl (C=O) groups excluding carboxylic acids is 4. The van der Waals surface area contributed by atoms with Crippen LogP contribution in [0.15, 0.2) is 122 Å². The molecule has 3 N–H and O–H groups in total. The quantitative estimate of drug-likeness (QED) is 0.0169. The predicted octanol–water partition coefficient (Wildman–Crippen LogP) is 21.6. The van der Waals surface area contributed by atoms with Crippen molar-refractivity contribution in [3.8, 4) is 0 Å². The highest BCUT2D eigenvalue weighted by Gasteiger charge is 2.30. The Balaban J connectivity index is 5.42. The van der Waals surface area contributed by atoms with E-state index in [1.807, 2.05) is 18.2 Å². The summed E-state index contributed by atoms with van der Waals surface area (Å²) in [5.74, 6) is -2.31. The Hall–Kier alpha value is -4.54. The Morgan fingerprint density at radius 2 is 0.551 bits per heavy atom. The van der Waals surface area contributed by atoms with Crippen molar-refractivity contribution in [2.45, 2.75) is 316 Å². The number of carbonyl (C=O) groups is 4. The second-order valence-electron chi connectivity index (χ2n) is 24.8. The lowest BCUT2D eigenvalue weighted by Crippen LogP contribution is -2.30. The molecular formula is C79H134O17P2. The molecule has 562 valence electrons. The lowest BCUT2D eigenvalue weighted by Gasteiger charge is -2.21. The van der Waals surface area contributed by atoms with Crippen molar-refractivity contribution in [3.63, 3.8) is 0 Å². The second-order valence-corrected chi connectivity index (χ2v) is 27.7.